The molecule has 0 amide bonds. The molecule has 2 fully saturated rings. The Balaban J connectivity index is 1.59. The number of hydrogen-bond donors (Lipinski definition) is 0. The molecule has 33 heavy (non-hydrogen) atoms. The first kappa shape index (κ1) is 22.4. The zero-order chi connectivity index (χ0) is 23.2. The smallest absolute Gasteiger partial charge is 0.133 e. The zero-order valence-corrected chi connectivity index (χ0v) is 20.9. The topological polar surface area (TPSA) is 4.93 Å². The molecule has 0 unspecified atom stereocenters. The lowest BCUT2D eigenvalue weighted by Gasteiger charge is -2.39. The normalized spacial score (nSPS) is 30.5. The molecule has 0 aliphatic carbocycles. The Morgan fingerprint density at radius 3 is 1.48 bits per heavy atom. The average molecular weight is 444 g/mol. The molecule has 0 saturated carbocycles. The Hall–Kier alpha value is -2.36. The minimum Gasteiger partial charge on any atom is -0.341 e. The van der Waals surface area contributed by atoms with Crippen molar-refractivity contribution in [2.45, 2.75) is 39.2 Å². The molecule has 2 aliphatic heterocycles. The Kier molecular flexibility index (Phi) is 5.74. The van der Waals surface area contributed by atoms with Crippen LogP contribution in [-0.4, -0.2) is 44.8 Å². The summed E-state index contributed by atoms with van der Waals surface area (Å²) in [5.74, 6) is 1.36. The molecular formula is C30H41N3+2. The van der Waals surface area contributed by atoms with Crippen LogP contribution in [0.1, 0.15) is 32.6 Å². The summed E-state index contributed by atoms with van der Waals surface area (Å²) in [6.45, 7) is 16.1. The molecule has 0 atom stereocenters. The van der Waals surface area contributed by atoms with Gasteiger partial charge in [0.2, 0.25) is 0 Å². The number of benzene rings is 2. The van der Waals surface area contributed by atoms with Gasteiger partial charge in [-0.2, -0.15) is 0 Å². The first-order valence-electron chi connectivity index (χ1n) is 12.9. The number of aryl methyl sites for hydroxylation is 1. The highest BCUT2D eigenvalue weighted by Gasteiger charge is 2.33. The van der Waals surface area contributed by atoms with Crippen LogP contribution in [0.15, 0.2) is 61.7 Å². The summed E-state index contributed by atoms with van der Waals surface area (Å²) in [5.41, 5.74) is 5.65. The third-order valence-electron chi connectivity index (χ3n) is 9.04. The summed E-state index contributed by atoms with van der Waals surface area (Å²) >= 11 is 0. The molecule has 0 radical (unpaired) electrons. The van der Waals surface area contributed by atoms with E-state index in [4.69, 9.17) is 0 Å². The second-order valence-electron chi connectivity index (χ2n) is 11.0. The Labute approximate surface area is 199 Å². The molecule has 3 aromatic rings. The molecule has 2 aliphatic rings. The molecule has 174 valence electrons. The minimum absolute atomic E-state index is 0.680. The van der Waals surface area contributed by atoms with E-state index < -0.39 is 0 Å². The first-order chi connectivity index (χ1) is 15.9. The Morgan fingerprint density at radius 1 is 0.758 bits per heavy atom. The molecule has 1 aromatic heterocycles. The fraction of sp³-hybridized carbons (Fsp3) is 0.467. The number of fused-ring (bicyclic) bond motifs is 3. The number of aromatic nitrogens is 1. The lowest BCUT2D eigenvalue weighted by molar-refractivity contribution is 0.243. The fourth-order valence-electron chi connectivity index (χ4n) is 6.40. The van der Waals surface area contributed by atoms with Crippen molar-refractivity contribution in [3.05, 3.63) is 61.7 Å². The SMILES string of the molecule is C=CC1CC[N+](C)(c2ccc3c(c2)c2cc([N+]4(C)CCC(C=C)CC4)ccc2n3CC)CC1. The highest BCUT2D eigenvalue weighted by molar-refractivity contribution is 6.10. The van der Waals surface area contributed by atoms with Crippen LogP contribution in [0.25, 0.3) is 21.8 Å². The molecule has 2 aromatic carbocycles. The van der Waals surface area contributed by atoms with E-state index >= 15 is 0 Å². The lowest BCUT2D eigenvalue weighted by atomic mass is 9.94. The number of allylic oxidation sites excluding steroid dienone is 2. The number of hydrogen-bond acceptors (Lipinski definition) is 0. The quantitative estimate of drug-likeness (QED) is 0.299. The maximum atomic E-state index is 4.04. The van der Waals surface area contributed by atoms with Crippen LogP contribution >= 0.6 is 0 Å². The highest BCUT2D eigenvalue weighted by atomic mass is 15.3. The summed E-state index contributed by atoms with van der Waals surface area (Å²) in [4.78, 5) is 0. The van der Waals surface area contributed by atoms with Crippen molar-refractivity contribution in [1.82, 2.24) is 13.5 Å². The van der Waals surface area contributed by atoms with Crippen molar-refractivity contribution in [1.29, 1.82) is 0 Å². The number of nitrogens with zero attached hydrogens (tertiary/aromatic N) is 3. The molecule has 3 nitrogen and oxygen atoms in total. The van der Waals surface area contributed by atoms with Crippen molar-refractivity contribution >= 4 is 33.2 Å². The predicted octanol–water partition coefficient (Wildman–Crippen LogP) is 6.88. The van der Waals surface area contributed by atoms with Gasteiger partial charge in [-0.05, 0) is 30.9 Å². The van der Waals surface area contributed by atoms with Gasteiger partial charge < -0.3 is 4.57 Å². The summed E-state index contributed by atoms with van der Waals surface area (Å²) in [5, 5.41) is 2.84. The van der Waals surface area contributed by atoms with Gasteiger partial charge in [-0.25, -0.2) is 0 Å². The van der Waals surface area contributed by atoms with Gasteiger partial charge in [0.05, 0.1) is 40.3 Å². The fourth-order valence-corrected chi connectivity index (χ4v) is 6.40. The van der Waals surface area contributed by atoms with Crippen molar-refractivity contribution in [3.8, 4) is 0 Å². The lowest BCUT2D eigenvalue weighted by Crippen LogP contribution is -2.50. The molecule has 0 spiro atoms. The Bertz CT molecular complexity index is 1090. The van der Waals surface area contributed by atoms with E-state index in [1.807, 2.05) is 0 Å². The second-order valence-corrected chi connectivity index (χ2v) is 11.0. The third-order valence-corrected chi connectivity index (χ3v) is 9.04. The van der Waals surface area contributed by atoms with Crippen LogP contribution < -0.4 is 8.97 Å². The van der Waals surface area contributed by atoms with Crippen LogP contribution in [0, 0.1) is 11.8 Å². The molecule has 0 N–H and O–H groups in total. The average Bonchev–Trinajstić information content (AvgIpc) is 3.17. The largest absolute Gasteiger partial charge is 0.341 e. The van der Waals surface area contributed by atoms with Gasteiger partial charge in [0.25, 0.3) is 0 Å². The molecule has 2 saturated heterocycles. The van der Waals surface area contributed by atoms with Gasteiger partial charge in [0.1, 0.15) is 11.4 Å². The molecule has 3 heterocycles. The first-order valence-corrected chi connectivity index (χ1v) is 12.9. The van der Waals surface area contributed by atoms with Crippen molar-refractivity contribution < 1.29 is 0 Å². The maximum Gasteiger partial charge on any atom is 0.133 e. The number of quaternary nitrogens is 2. The summed E-state index contributed by atoms with van der Waals surface area (Å²) < 4.78 is 4.57. The molecule has 3 heteroatoms. The summed E-state index contributed by atoms with van der Waals surface area (Å²) in [7, 11) is 4.84. The van der Waals surface area contributed by atoms with Gasteiger partial charge in [0.15, 0.2) is 0 Å². The summed E-state index contributed by atoms with van der Waals surface area (Å²) in [6, 6.07) is 14.5. The standard InChI is InChI=1S/C30H41N3/c1-6-23-13-17-32(4,18-14-23)25-9-11-29-27(21-25)28-22-26(10-12-30(28)31(29)8-3)33(5)19-15-24(7-2)16-20-33/h6-7,9-12,21-24H,1-2,8,13-20H2,3-5H3/q+2. The van der Waals surface area contributed by atoms with Crippen LogP contribution in [0.3, 0.4) is 0 Å². The molecular weight excluding hydrogens is 402 g/mol. The van der Waals surface area contributed by atoms with E-state index in [9.17, 15) is 0 Å². The molecule has 0 bridgehead atoms. The van der Waals surface area contributed by atoms with E-state index in [1.54, 1.807) is 0 Å². The van der Waals surface area contributed by atoms with Crippen molar-refractivity contribution in [3.63, 3.8) is 0 Å². The van der Waals surface area contributed by atoms with Crippen LogP contribution in [0.4, 0.5) is 11.4 Å². The Morgan fingerprint density at radius 2 is 1.15 bits per heavy atom. The van der Waals surface area contributed by atoms with Gasteiger partial charge in [-0.1, -0.05) is 12.2 Å². The minimum atomic E-state index is 0.680. The van der Waals surface area contributed by atoms with Crippen LogP contribution in [0.2, 0.25) is 0 Å². The van der Waals surface area contributed by atoms with Gasteiger partial charge in [0, 0.05) is 78.3 Å². The number of piperidine rings is 2. The van der Waals surface area contributed by atoms with Gasteiger partial charge in [-0.15, -0.1) is 13.2 Å². The monoisotopic (exact) mass is 443 g/mol. The predicted molar refractivity (Wildman–Crippen MR) is 146 cm³/mol. The van der Waals surface area contributed by atoms with Gasteiger partial charge >= 0.3 is 0 Å². The number of likely N-dealkylation sites (tertiary alicyclic amines) is 2. The van der Waals surface area contributed by atoms with Crippen molar-refractivity contribution in [2.24, 2.45) is 11.8 Å². The van der Waals surface area contributed by atoms with Crippen molar-refractivity contribution in [2.75, 3.05) is 40.3 Å². The molecule has 5 rings (SSSR count). The highest BCUT2D eigenvalue weighted by Crippen LogP contribution is 2.39. The van der Waals surface area contributed by atoms with Crippen LogP contribution in [-0.2, 0) is 6.54 Å². The van der Waals surface area contributed by atoms with E-state index in [-0.39, 0.29) is 0 Å². The zero-order valence-electron chi connectivity index (χ0n) is 20.9. The number of rotatable bonds is 5. The van der Waals surface area contributed by atoms with E-state index in [1.165, 1.54) is 85.0 Å². The summed E-state index contributed by atoms with van der Waals surface area (Å²) in [6.07, 6.45) is 9.26. The van der Waals surface area contributed by atoms with Gasteiger partial charge in [-0.3, -0.25) is 8.97 Å². The van der Waals surface area contributed by atoms with E-state index in [0.29, 0.717) is 11.8 Å². The third kappa shape index (κ3) is 3.76. The second kappa shape index (κ2) is 8.45. The van der Waals surface area contributed by atoms with E-state index in [2.05, 4.69) is 87.3 Å². The maximum absolute atomic E-state index is 4.04. The van der Waals surface area contributed by atoms with Crippen LogP contribution in [0.5, 0.6) is 0 Å². The van der Waals surface area contributed by atoms with E-state index in [0.717, 1.165) is 15.5 Å².